The first-order valence-electron chi connectivity index (χ1n) is 40.9. The predicted molar refractivity (Wildman–Crippen MR) is 426 cm³/mol. The van der Waals surface area contributed by atoms with E-state index in [1.165, 1.54) is 97.6 Å². The fraction of sp³-hybridized carbons (Fsp3) is 0.731. The minimum Gasteiger partial charge on any atom is -0.481 e. The average Bonchev–Trinajstić information content (AvgIpc) is 1.67. The molecule has 6 rings (SSSR count). The lowest BCUT2D eigenvalue weighted by molar-refractivity contribution is -0.148. The molecular formula is C78H122N14O22S2. The molecule has 16 N–H and O–H groups in total. The van der Waals surface area contributed by atoms with Crippen LogP contribution in [0.1, 0.15) is 220 Å². The van der Waals surface area contributed by atoms with Gasteiger partial charge in [-0.3, -0.25) is 81.5 Å². The standard InChI is InChI=1S/C78H122N14O22S2/c1-5-6-7-8-9-10-11-12-13-14-15-16-17-18-19-20-21-26-61(96)82-51-36-59-72(109)89-78(43-93,32-31-60(79)95)88-56-42-116-47-77(44-114-45-77)46-115-41-50(67(104)85-54(35-48(2)3)74(111)91-34-23-25-58(91)76(113)92(59)40-51)38-80-68(105)52(27-29-63(98)99)83-62(97)39-81-73(110)66(49(4)94)87-69(106)53(28-30-64(100)101)84-71(108)57-24-22-33-90(57)75(112)55(37-65(102)103)86-70(56)107/h27,42-43,48-51,53-55,57-59,66,88,94H,5-26,28-41,44-47H2,1-4H3,(H2,79,95)(H,80,105)(H,81,110)(H,82,96)(H,83,97)(H,84,108)(H,85,104)(H,86,107)(H,87,106)(H,89,109)(H,98,99)(H,100,101)(H,102,103)/b52-27-,56-42-/t49-,50?,51+,53-,54+,55?,57+,58-,59+,66+,78+/m1/s1. The van der Waals surface area contributed by atoms with E-state index in [0.717, 1.165) is 61.8 Å². The number of ether oxygens (including phenoxy) is 1. The molecule has 38 heteroatoms. The van der Waals surface area contributed by atoms with Crippen LogP contribution in [0, 0.1) is 17.3 Å². The van der Waals surface area contributed by atoms with Crippen LogP contribution in [0.5, 0.6) is 0 Å². The van der Waals surface area contributed by atoms with E-state index in [2.05, 4.69) is 60.1 Å². The number of aliphatic carboxylic acids is 3. The number of nitrogens with one attached hydrogen (secondary N) is 10. The van der Waals surface area contributed by atoms with E-state index >= 15 is 24.0 Å². The number of fused-ring (bicyclic) bond motifs is 8. The van der Waals surface area contributed by atoms with E-state index < -0.39 is 223 Å². The molecule has 116 heavy (non-hydrogen) atoms. The maximum Gasteiger partial charge on any atom is 0.307 e. The maximum atomic E-state index is 15.6. The van der Waals surface area contributed by atoms with E-state index in [1.807, 2.05) is 0 Å². The van der Waals surface area contributed by atoms with Gasteiger partial charge >= 0.3 is 17.9 Å². The summed E-state index contributed by atoms with van der Waals surface area (Å²) in [5, 5.41) is 67.1. The first-order valence-corrected chi connectivity index (χ1v) is 43.1. The Bertz CT molecular complexity index is 3520. The summed E-state index contributed by atoms with van der Waals surface area (Å²) in [6, 6.07) is -12.5. The van der Waals surface area contributed by atoms with E-state index in [0.29, 0.717) is 6.42 Å². The van der Waals surface area contributed by atoms with Gasteiger partial charge in [0.2, 0.25) is 65.0 Å². The SMILES string of the molecule is CCCCCCCCCCCCCCCCCCCC(=O)N[C@H]1C[C@H]2C(=O)N[C@](C=O)(CCC(N)=O)N/C3=C\SCC4(COC4)CSCC(CNC(=O)/C(=C/CC(=O)O)NC(=O)CNC(=O)[C@H]([C@@H](C)O)NC(=O)[C@@H](CCC(=O)O)NC(=O)[C@@H]4CCCN4C(=O)C(CC(=O)O)NC3=O)C(=O)N[C@@H](CC(C)C)C(=O)N3CCC[C@@H]3C(=O)N2C1. The fourth-order valence-electron chi connectivity index (χ4n) is 15.0. The quantitative estimate of drug-likeness (QED) is 0.0250. The molecule has 2 unspecified atom stereocenters. The number of hydrogen-bond acceptors (Lipinski definition) is 22. The van der Waals surface area contributed by atoms with Gasteiger partial charge in [-0.2, -0.15) is 11.8 Å². The zero-order valence-electron chi connectivity index (χ0n) is 67.2. The number of aliphatic hydroxyl groups is 1. The third kappa shape index (κ3) is 31.2. The Hall–Kier alpha value is -8.91. The number of carbonyl (C=O) groups is 17. The number of nitrogens with zero attached hydrogens (tertiary/aromatic N) is 3. The van der Waals surface area contributed by atoms with Crippen LogP contribution in [-0.2, 0) is 86.2 Å². The van der Waals surface area contributed by atoms with Gasteiger partial charge in [0.15, 0.2) is 11.9 Å². The summed E-state index contributed by atoms with van der Waals surface area (Å²) < 4.78 is 5.74. The Morgan fingerprint density at radius 3 is 1.81 bits per heavy atom. The summed E-state index contributed by atoms with van der Waals surface area (Å²) in [4.78, 5) is 243. The lowest BCUT2D eigenvalue weighted by Gasteiger charge is -2.41. The molecule has 11 atom stereocenters. The van der Waals surface area contributed by atoms with E-state index in [4.69, 9.17) is 10.5 Å². The normalized spacial score (nSPS) is 26.5. The number of carbonyl (C=O) groups excluding carboxylic acids is 14. The Morgan fingerprint density at radius 2 is 1.24 bits per heavy atom. The van der Waals surface area contributed by atoms with Crippen molar-refractivity contribution in [2.75, 3.05) is 63.2 Å². The summed E-state index contributed by atoms with van der Waals surface area (Å²) in [7, 11) is 0. The van der Waals surface area contributed by atoms with Crippen LogP contribution in [0.3, 0.4) is 0 Å². The molecule has 0 saturated carbocycles. The Balaban J connectivity index is 1.42. The van der Waals surface area contributed by atoms with Crippen molar-refractivity contribution < 1.29 is 107 Å². The van der Waals surface area contributed by atoms with Gasteiger partial charge in [-0.1, -0.05) is 124 Å². The van der Waals surface area contributed by atoms with Crippen molar-refractivity contribution in [1.29, 1.82) is 0 Å². The van der Waals surface area contributed by atoms with Crippen LogP contribution >= 0.6 is 23.5 Å². The summed E-state index contributed by atoms with van der Waals surface area (Å²) in [5.74, 6) is -19.0. The van der Waals surface area contributed by atoms with Crippen LogP contribution in [-0.4, -0.2) is 259 Å². The summed E-state index contributed by atoms with van der Waals surface area (Å²) >= 11 is 2.12. The Labute approximate surface area is 685 Å². The van der Waals surface area contributed by atoms with Crippen LogP contribution in [0.2, 0.25) is 0 Å². The molecular weight excluding hydrogens is 1550 g/mol. The van der Waals surface area contributed by atoms with Gasteiger partial charge in [0.1, 0.15) is 53.7 Å². The maximum absolute atomic E-state index is 15.6. The van der Waals surface area contributed by atoms with E-state index in [1.54, 1.807) is 13.8 Å². The van der Waals surface area contributed by atoms with Crippen molar-refractivity contribution in [2.24, 2.45) is 23.0 Å². The number of nitrogens with two attached hydrogens (primary N) is 1. The number of amides is 13. The highest BCUT2D eigenvalue weighted by Gasteiger charge is 2.50. The topological polar surface area (TPSA) is 536 Å². The lowest BCUT2D eigenvalue weighted by atomic mass is 9.91. The number of aliphatic hydroxyl groups excluding tert-OH is 1. The van der Waals surface area contributed by atoms with Crippen molar-refractivity contribution in [1.82, 2.24) is 67.9 Å². The zero-order chi connectivity index (χ0) is 85.1. The molecule has 2 bridgehead atoms. The van der Waals surface area contributed by atoms with Gasteiger partial charge in [-0.15, -0.1) is 11.8 Å². The molecule has 13 amide bonds. The summed E-state index contributed by atoms with van der Waals surface area (Å²) in [5.41, 5.74) is 1.05. The molecule has 6 aliphatic rings. The lowest BCUT2D eigenvalue weighted by Crippen LogP contribution is -2.65. The van der Waals surface area contributed by atoms with Crippen molar-refractivity contribution in [2.45, 2.75) is 280 Å². The largest absolute Gasteiger partial charge is 0.481 e. The van der Waals surface area contributed by atoms with Crippen molar-refractivity contribution in [3.05, 3.63) is 22.9 Å². The third-order valence-corrected chi connectivity index (χ3v) is 24.1. The van der Waals surface area contributed by atoms with Crippen LogP contribution in [0.25, 0.3) is 0 Å². The molecule has 4 fully saturated rings. The minimum absolute atomic E-state index is 0.00801. The number of carboxylic acids is 3. The molecule has 0 aromatic carbocycles. The second-order valence-electron chi connectivity index (χ2n) is 31.7. The molecule has 0 aromatic rings. The molecule has 0 aliphatic carbocycles. The monoisotopic (exact) mass is 1670 g/mol. The number of unbranched alkanes of at least 4 members (excludes halogenated alkanes) is 16. The predicted octanol–water partition coefficient (Wildman–Crippen LogP) is 1.34. The van der Waals surface area contributed by atoms with E-state index in [9.17, 15) is 78.0 Å². The second kappa shape index (κ2) is 48.7. The molecule has 1 spiro atoms. The van der Waals surface area contributed by atoms with Gasteiger partial charge < -0.3 is 98.8 Å². The zero-order valence-corrected chi connectivity index (χ0v) is 68.9. The molecule has 648 valence electrons. The Kier molecular flexibility index (Phi) is 40.3. The first-order chi connectivity index (χ1) is 55.3. The smallest absolute Gasteiger partial charge is 0.307 e. The molecule has 36 nitrogen and oxygen atoms in total. The van der Waals surface area contributed by atoms with Gasteiger partial charge in [0.05, 0.1) is 44.6 Å². The molecule has 4 saturated heterocycles. The highest BCUT2D eigenvalue weighted by molar-refractivity contribution is 8.02. The van der Waals surface area contributed by atoms with Crippen LogP contribution in [0.4, 0.5) is 0 Å². The highest BCUT2D eigenvalue weighted by Crippen LogP contribution is 2.37. The molecule has 6 aliphatic heterocycles. The number of thioether (sulfide) groups is 2. The van der Waals surface area contributed by atoms with Gasteiger partial charge in [0.25, 0.3) is 11.8 Å². The molecule has 0 radical (unpaired) electrons. The summed E-state index contributed by atoms with van der Waals surface area (Å²) in [6.45, 7) is 4.89. The third-order valence-electron chi connectivity index (χ3n) is 21.4. The number of primary amides is 1. The van der Waals surface area contributed by atoms with Crippen molar-refractivity contribution in [3.8, 4) is 0 Å². The summed E-state index contributed by atoms with van der Waals surface area (Å²) in [6.07, 6.45) is 13.8. The minimum atomic E-state index is -2.55. The average molecular weight is 1670 g/mol. The number of aldehydes is 1. The fourth-order valence-corrected chi connectivity index (χ4v) is 17.5. The van der Waals surface area contributed by atoms with Gasteiger partial charge in [0, 0.05) is 80.6 Å². The van der Waals surface area contributed by atoms with Gasteiger partial charge in [-0.05, 0) is 75.7 Å². The molecule has 0 aromatic heterocycles. The first kappa shape index (κ1) is 95.9. The number of hydrogen-bond donors (Lipinski definition) is 15. The number of carboxylic acid groups (broad SMARTS) is 3. The van der Waals surface area contributed by atoms with E-state index in [-0.39, 0.29) is 113 Å². The van der Waals surface area contributed by atoms with Crippen molar-refractivity contribution in [3.63, 3.8) is 0 Å². The Morgan fingerprint density at radius 1 is 0.638 bits per heavy atom. The van der Waals surface area contributed by atoms with Crippen molar-refractivity contribution >= 4 is 125 Å². The number of rotatable bonds is 33. The molecule has 6 heterocycles. The second-order valence-corrected chi connectivity index (χ2v) is 33.6. The van der Waals surface area contributed by atoms with Crippen LogP contribution in [0.15, 0.2) is 22.9 Å². The van der Waals surface area contributed by atoms with Crippen LogP contribution < -0.4 is 58.9 Å². The highest BCUT2D eigenvalue weighted by atomic mass is 32.2. The van der Waals surface area contributed by atoms with Gasteiger partial charge in [-0.25, -0.2) is 0 Å².